The van der Waals surface area contributed by atoms with E-state index < -0.39 is 5.91 Å². The minimum Gasteiger partial charge on any atom is -0.497 e. The summed E-state index contributed by atoms with van der Waals surface area (Å²) in [5.41, 5.74) is 1.22. The number of aromatic nitrogens is 1. The second-order valence-corrected chi connectivity index (χ2v) is 6.99. The third-order valence-electron chi connectivity index (χ3n) is 4.09. The van der Waals surface area contributed by atoms with E-state index in [0.717, 1.165) is 16.0 Å². The molecule has 29 heavy (non-hydrogen) atoms. The highest BCUT2D eigenvalue weighted by Crippen LogP contribution is 2.24. The van der Waals surface area contributed by atoms with Crippen LogP contribution in [-0.2, 0) is 16.1 Å². The number of ether oxygens (including phenoxy) is 3. The Morgan fingerprint density at radius 2 is 1.76 bits per heavy atom. The molecule has 0 aliphatic carbocycles. The number of thiazole rings is 1. The van der Waals surface area contributed by atoms with Gasteiger partial charge in [0.15, 0.2) is 4.80 Å². The van der Waals surface area contributed by atoms with Crippen LogP contribution in [0.3, 0.4) is 0 Å². The summed E-state index contributed by atoms with van der Waals surface area (Å²) in [5.74, 6) is 0.586. The minimum absolute atomic E-state index is 0.0312. The van der Waals surface area contributed by atoms with Gasteiger partial charge in [-0.1, -0.05) is 11.3 Å². The van der Waals surface area contributed by atoms with Crippen molar-refractivity contribution in [3.05, 3.63) is 52.8 Å². The van der Waals surface area contributed by atoms with Crippen LogP contribution < -0.4 is 14.3 Å². The number of amides is 1. The maximum atomic E-state index is 12.7. The summed E-state index contributed by atoms with van der Waals surface area (Å²) in [4.78, 5) is 29.5. The second-order valence-electron chi connectivity index (χ2n) is 5.98. The van der Waals surface area contributed by atoms with E-state index in [4.69, 9.17) is 14.2 Å². The zero-order valence-electron chi connectivity index (χ0n) is 16.5. The smallest absolute Gasteiger partial charge is 0.326 e. The van der Waals surface area contributed by atoms with Gasteiger partial charge >= 0.3 is 5.97 Å². The summed E-state index contributed by atoms with van der Waals surface area (Å²) >= 11 is 1.32. The largest absolute Gasteiger partial charge is 0.497 e. The lowest BCUT2D eigenvalue weighted by Crippen LogP contribution is -2.23. The summed E-state index contributed by atoms with van der Waals surface area (Å²) in [7, 11) is 1.56. The maximum absolute atomic E-state index is 12.7. The number of esters is 1. The molecule has 2 aromatic carbocycles. The van der Waals surface area contributed by atoms with Gasteiger partial charge in [0.25, 0.3) is 5.91 Å². The molecule has 0 N–H and O–H groups in total. The molecule has 0 fully saturated rings. The van der Waals surface area contributed by atoms with Crippen molar-refractivity contribution in [2.45, 2.75) is 20.4 Å². The zero-order valence-corrected chi connectivity index (χ0v) is 17.3. The molecule has 0 radical (unpaired) electrons. The Hall–Kier alpha value is -3.13. The number of methoxy groups -OCH3 is 1. The predicted octanol–water partition coefficient (Wildman–Crippen LogP) is 3.41. The molecule has 0 aliphatic rings. The lowest BCUT2D eigenvalue weighted by molar-refractivity contribution is -0.143. The number of hydrogen-bond acceptors (Lipinski definition) is 6. The van der Waals surface area contributed by atoms with E-state index in [1.807, 2.05) is 25.1 Å². The van der Waals surface area contributed by atoms with Gasteiger partial charge in [-0.05, 0) is 56.3 Å². The Kier molecular flexibility index (Phi) is 6.66. The van der Waals surface area contributed by atoms with E-state index in [0.29, 0.717) is 22.7 Å². The first-order chi connectivity index (χ1) is 14.0. The summed E-state index contributed by atoms with van der Waals surface area (Å²) in [6.45, 7) is 4.46. The fraction of sp³-hybridized carbons (Fsp3) is 0.286. The fourth-order valence-corrected chi connectivity index (χ4v) is 3.83. The van der Waals surface area contributed by atoms with Crippen LogP contribution in [0.4, 0.5) is 0 Å². The van der Waals surface area contributed by atoms with Gasteiger partial charge in [0.05, 0.1) is 30.5 Å². The highest BCUT2D eigenvalue weighted by molar-refractivity contribution is 7.16. The third-order valence-corrected chi connectivity index (χ3v) is 5.13. The van der Waals surface area contributed by atoms with Gasteiger partial charge in [-0.2, -0.15) is 4.99 Å². The normalized spacial score (nSPS) is 11.5. The summed E-state index contributed by atoms with van der Waals surface area (Å²) < 4.78 is 18.3. The third kappa shape index (κ3) is 4.83. The number of rotatable bonds is 7. The van der Waals surface area contributed by atoms with E-state index in [2.05, 4.69) is 4.99 Å². The van der Waals surface area contributed by atoms with Gasteiger partial charge < -0.3 is 18.8 Å². The predicted molar refractivity (Wildman–Crippen MR) is 111 cm³/mol. The van der Waals surface area contributed by atoms with Crippen LogP contribution in [0.15, 0.2) is 47.5 Å². The van der Waals surface area contributed by atoms with Gasteiger partial charge in [-0.15, -0.1) is 0 Å². The first-order valence-corrected chi connectivity index (χ1v) is 10.0. The van der Waals surface area contributed by atoms with Crippen molar-refractivity contribution in [2.24, 2.45) is 4.99 Å². The number of nitrogens with zero attached hydrogens (tertiary/aromatic N) is 2. The zero-order chi connectivity index (χ0) is 20.8. The van der Waals surface area contributed by atoms with E-state index in [9.17, 15) is 9.59 Å². The van der Waals surface area contributed by atoms with Crippen LogP contribution in [0.5, 0.6) is 11.5 Å². The first-order valence-electron chi connectivity index (χ1n) is 9.20. The van der Waals surface area contributed by atoms with Crippen LogP contribution in [-0.4, -0.2) is 36.8 Å². The van der Waals surface area contributed by atoms with Gasteiger partial charge in [0, 0.05) is 5.56 Å². The Balaban J connectivity index is 2.06. The maximum Gasteiger partial charge on any atom is 0.326 e. The highest BCUT2D eigenvalue weighted by Gasteiger charge is 2.14. The second kappa shape index (κ2) is 9.38. The Labute approximate surface area is 172 Å². The molecule has 152 valence electrons. The van der Waals surface area contributed by atoms with Gasteiger partial charge in [-0.3, -0.25) is 9.59 Å². The molecule has 7 nitrogen and oxygen atoms in total. The molecular formula is C21H22N2O5S. The van der Waals surface area contributed by atoms with Gasteiger partial charge in [-0.25, -0.2) is 0 Å². The average molecular weight is 414 g/mol. The monoisotopic (exact) mass is 414 g/mol. The molecule has 3 aromatic rings. The Morgan fingerprint density at radius 1 is 1.03 bits per heavy atom. The average Bonchev–Trinajstić information content (AvgIpc) is 3.04. The van der Waals surface area contributed by atoms with Crippen LogP contribution in [0, 0.1) is 0 Å². The number of carbonyl (C=O) groups is 2. The van der Waals surface area contributed by atoms with Crippen molar-refractivity contribution >= 4 is 33.4 Å². The number of fused-ring (bicyclic) bond motifs is 1. The molecule has 1 amide bonds. The van der Waals surface area contributed by atoms with Gasteiger partial charge in [0.2, 0.25) is 0 Å². The van der Waals surface area contributed by atoms with Crippen LogP contribution in [0.1, 0.15) is 24.2 Å². The summed E-state index contributed by atoms with van der Waals surface area (Å²) in [5, 5.41) is 0. The molecule has 8 heteroatoms. The Morgan fingerprint density at radius 3 is 2.41 bits per heavy atom. The van der Waals surface area contributed by atoms with E-state index in [1.165, 1.54) is 11.3 Å². The summed E-state index contributed by atoms with van der Waals surface area (Å²) in [6, 6.07) is 12.3. The molecule has 0 unspecified atom stereocenters. The topological polar surface area (TPSA) is 79.1 Å². The molecule has 0 atom stereocenters. The van der Waals surface area contributed by atoms with Crippen LogP contribution >= 0.6 is 11.3 Å². The van der Waals surface area contributed by atoms with E-state index >= 15 is 0 Å². The number of hydrogen-bond donors (Lipinski definition) is 0. The van der Waals surface area contributed by atoms with E-state index in [-0.39, 0.29) is 19.1 Å². The fourth-order valence-electron chi connectivity index (χ4n) is 2.77. The molecule has 0 bridgehead atoms. The van der Waals surface area contributed by atoms with Crippen LogP contribution in [0.25, 0.3) is 10.2 Å². The Bertz CT molecular complexity index is 1080. The van der Waals surface area contributed by atoms with Crippen molar-refractivity contribution in [3.63, 3.8) is 0 Å². The molecule has 3 rings (SSSR count). The van der Waals surface area contributed by atoms with Crippen molar-refractivity contribution in [3.8, 4) is 11.5 Å². The quantitative estimate of drug-likeness (QED) is 0.554. The number of benzene rings is 2. The molecule has 0 spiro atoms. The van der Waals surface area contributed by atoms with Crippen LogP contribution in [0.2, 0.25) is 0 Å². The molecule has 1 aromatic heterocycles. The first kappa shape index (κ1) is 20.6. The van der Waals surface area contributed by atoms with Crippen molar-refractivity contribution < 1.29 is 23.8 Å². The molecule has 0 saturated heterocycles. The van der Waals surface area contributed by atoms with Crippen molar-refractivity contribution in [1.29, 1.82) is 0 Å². The minimum atomic E-state index is -0.401. The lowest BCUT2D eigenvalue weighted by Gasteiger charge is -2.06. The summed E-state index contributed by atoms with van der Waals surface area (Å²) in [6.07, 6.45) is 0. The molecule has 1 heterocycles. The lowest BCUT2D eigenvalue weighted by atomic mass is 10.2. The number of carbonyl (C=O) groups excluding carboxylic acids is 2. The van der Waals surface area contributed by atoms with Crippen molar-refractivity contribution in [1.82, 2.24) is 4.57 Å². The van der Waals surface area contributed by atoms with Gasteiger partial charge in [0.1, 0.15) is 18.0 Å². The molecule has 0 aliphatic heterocycles. The standard InChI is InChI=1S/C21H22N2O5S/c1-4-27-16-10-11-17-18(12-16)29-21(23(17)13-19(24)28-5-2)22-20(25)14-6-8-15(26-3)9-7-14/h6-12H,4-5,13H2,1-3H3. The molecular weight excluding hydrogens is 392 g/mol. The van der Waals surface area contributed by atoms with Crippen molar-refractivity contribution in [2.75, 3.05) is 20.3 Å². The SMILES string of the molecule is CCOC(=O)Cn1c(=NC(=O)c2ccc(OC)cc2)sc2cc(OCC)ccc21. The van der Waals surface area contributed by atoms with E-state index in [1.54, 1.807) is 42.9 Å². The molecule has 0 saturated carbocycles. The highest BCUT2D eigenvalue weighted by atomic mass is 32.1.